The van der Waals surface area contributed by atoms with Gasteiger partial charge in [0.2, 0.25) is 0 Å². The maximum absolute atomic E-state index is 5.79. The van der Waals surface area contributed by atoms with Gasteiger partial charge in [-0.3, -0.25) is 0 Å². The normalized spacial score (nSPS) is 11.2. The molecule has 0 aliphatic rings. The molecule has 0 fully saturated rings. The Labute approximate surface area is 117 Å². The molecule has 3 nitrogen and oxygen atoms in total. The van der Waals surface area contributed by atoms with Gasteiger partial charge in [-0.25, -0.2) is 0 Å². The number of methoxy groups -OCH3 is 1. The van der Waals surface area contributed by atoms with E-state index in [9.17, 15) is 0 Å². The van der Waals surface area contributed by atoms with Gasteiger partial charge in [-0.15, -0.1) is 0 Å². The van der Waals surface area contributed by atoms with Crippen molar-refractivity contribution in [1.82, 2.24) is 4.57 Å². The SMILES string of the molecule is COc1cccc(/C=C\n2ccc3cc(N)ccc32)c1. The fraction of sp³-hybridized carbons (Fsp3) is 0.0588. The lowest BCUT2D eigenvalue weighted by Gasteiger charge is -2.01. The van der Waals surface area contributed by atoms with Crippen molar-refractivity contribution in [2.75, 3.05) is 12.8 Å². The highest BCUT2D eigenvalue weighted by molar-refractivity contribution is 5.85. The van der Waals surface area contributed by atoms with E-state index < -0.39 is 0 Å². The molecule has 0 atom stereocenters. The Bertz CT molecular complexity index is 772. The molecule has 2 N–H and O–H groups in total. The van der Waals surface area contributed by atoms with E-state index in [0.29, 0.717) is 0 Å². The minimum absolute atomic E-state index is 0.784. The number of benzene rings is 2. The zero-order valence-corrected chi connectivity index (χ0v) is 11.3. The molecule has 3 rings (SSSR count). The van der Waals surface area contributed by atoms with E-state index in [0.717, 1.165) is 27.9 Å². The van der Waals surface area contributed by atoms with E-state index >= 15 is 0 Å². The maximum atomic E-state index is 5.79. The highest BCUT2D eigenvalue weighted by Crippen LogP contribution is 2.20. The van der Waals surface area contributed by atoms with Gasteiger partial charge >= 0.3 is 0 Å². The summed E-state index contributed by atoms with van der Waals surface area (Å²) in [7, 11) is 1.67. The van der Waals surface area contributed by atoms with Crippen LogP contribution in [0.4, 0.5) is 5.69 Å². The Hall–Kier alpha value is -2.68. The Kier molecular flexibility index (Phi) is 3.17. The van der Waals surface area contributed by atoms with Gasteiger partial charge in [0.25, 0.3) is 0 Å². The molecular formula is C17H16N2O. The fourth-order valence-electron chi connectivity index (χ4n) is 2.22. The number of nitrogen functional groups attached to an aromatic ring is 1. The first-order valence-corrected chi connectivity index (χ1v) is 6.44. The zero-order chi connectivity index (χ0) is 13.9. The summed E-state index contributed by atoms with van der Waals surface area (Å²) in [4.78, 5) is 0. The van der Waals surface area contributed by atoms with Crippen molar-refractivity contribution in [2.24, 2.45) is 0 Å². The summed E-state index contributed by atoms with van der Waals surface area (Å²) in [5.74, 6) is 0.859. The molecule has 1 heterocycles. The number of ether oxygens (including phenoxy) is 1. The Morgan fingerprint density at radius 2 is 2.00 bits per heavy atom. The number of aromatic nitrogens is 1. The molecule has 0 radical (unpaired) electrons. The van der Waals surface area contributed by atoms with Crippen LogP contribution in [0.1, 0.15) is 5.56 Å². The second-order valence-corrected chi connectivity index (χ2v) is 4.63. The van der Waals surface area contributed by atoms with Gasteiger partial charge in [-0.1, -0.05) is 12.1 Å². The topological polar surface area (TPSA) is 40.2 Å². The summed E-state index contributed by atoms with van der Waals surface area (Å²) in [6.07, 6.45) is 6.12. The number of nitrogens with two attached hydrogens (primary N) is 1. The van der Waals surface area contributed by atoms with Crippen LogP contribution in [0.2, 0.25) is 0 Å². The zero-order valence-electron chi connectivity index (χ0n) is 11.3. The predicted molar refractivity (Wildman–Crippen MR) is 84.6 cm³/mol. The van der Waals surface area contributed by atoms with Crippen LogP contribution in [-0.4, -0.2) is 11.7 Å². The first-order chi connectivity index (χ1) is 9.76. The minimum Gasteiger partial charge on any atom is -0.497 e. The molecule has 0 aliphatic heterocycles. The third-order valence-corrected chi connectivity index (χ3v) is 3.27. The number of anilines is 1. The molecule has 0 aliphatic carbocycles. The van der Waals surface area contributed by atoms with Crippen LogP contribution >= 0.6 is 0 Å². The molecule has 0 bridgehead atoms. The van der Waals surface area contributed by atoms with Crippen LogP contribution in [0.25, 0.3) is 23.2 Å². The number of hydrogen-bond acceptors (Lipinski definition) is 2. The Balaban J connectivity index is 1.94. The van der Waals surface area contributed by atoms with Crippen LogP contribution in [0.15, 0.2) is 54.7 Å². The third kappa shape index (κ3) is 2.38. The molecule has 3 aromatic rings. The summed E-state index contributed by atoms with van der Waals surface area (Å²) in [6, 6.07) is 15.9. The average molecular weight is 264 g/mol. The standard InChI is InChI=1S/C17H16N2O/c1-20-16-4-2-3-13(11-16)7-9-19-10-8-14-12-15(18)5-6-17(14)19/h2-12H,18H2,1H3/b9-7-. The monoisotopic (exact) mass is 264 g/mol. The molecule has 0 unspecified atom stereocenters. The summed E-state index contributed by atoms with van der Waals surface area (Å²) < 4.78 is 7.30. The van der Waals surface area contributed by atoms with Crippen LogP contribution in [0.5, 0.6) is 5.75 Å². The van der Waals surface area contributed by atoms with E-state index in [1.807, 2.05) is 54.9 Å². The van der Waals surface area contributed by atoms with Crippen LogP contribution in [0, 0.1) is 0 Å². The molecule has 100 valence electrons. The lowest BCUT2D eigenvalue weighted by atomic mass is 10.2. The second-order valence-electron chi connectivity index (χ2n) is 4.63. The Morgan fingerprint density at radius 1 is 1.10 bits per heavy atom. The third-order valence-electron chi connectivity index (χ3n) is 3.27. The van der Waals surface area contributed by atoms with E-state index in [2.05, 4.69) is 16.7 Å². The largest absolute Gasteiger partial charge is 0.497 e. The highest BCUT2D eigenvalue weighted by Gasteiger charge is 1.98. The molecule has 0 saturated heterocycles. The average Bonchev–Trinajstić information content (AvgIpc) is 2.87. The summed E-state index contributed by atoms with van der Waals surface area (Å²) in [5.41, 5.74) is 8.81. The lowest BCUT2D eigenvalue weighted by molar-refractivity contribution is 0.414. The summed E-state index contributed by atoms with van der Waals surface area (Å²) in [6.45, 7) is 0. The Morgan fingerprint density at radius 3 is 2.85 bits per heavy atom. The molecule has 0 amide bonds. The lowest BCUT2D eigenvalue weighted by Crippen LogP contribution is -1.86. The molecule has 0 saturated carbocycles. The van der Waals surface area contributed by atoms with E-state index in [1.165, 1.54) is 0 Å². The smallest absolute Gasteiger partial charge is 0.119 e. The number of rotatable bonds is 3. The van der Waals surface area contributed by atoms with Crippen LogP contribution in [-0.2, 0) is 0 Å². The van der Waals surface area contributed by atoms with E-state index in [-0.39, 0.29) is 0 Å². The van der Waals surface area contributed by atoms with Gasteiger partial charge in [-0.05, 0) is 48.0 Å². The van der Waals surface area contributed by atoms with Crippen molar-refractivity contribution < 1.29 is 4.74 Å². The van der Waals surface area contributed by atoms with Gasteiger partial charge in [-0.2, -0.15) is 0 Å². The molecule has 2 aromatic carbocycles. The van der Waals surface area contributed by atoms with Gasteiger partial charge in [0, 0.05) is 23.5 Å². The molecule has 1 aromatic heterocycles. The quantitative estimate of drug-likeness (QED) is 0.730. The fourth-order valence-corrected chi connectivity index (χ4v) is 2.22. The first kappa shape index (κ1) is 12.4. The molecule has 20 heavy (non-hydrogen) atoms. The maximum Gasteiger partial charge on any atom is 0.119 e. The van der Waals surface area contributed by atoms with Gasteiger partial charge in [0.15, 0.2) is 0 Å². The molecular weight excluding hydrogens is 248 g/mol. The van der Waals surface area contributed by atoms with E-state index in [4.69, 9.17) is 10.5 Å². The van der Waals surface area contributed by atoms with Gasteiger partial charge < -0.3 is 15.0 Å². The van der Waals surface area contributed by atoms with Gasteiger partial charge in [0.1, 0.15) is 5.75 Å². The summed E-state index contributed by atoms with van der Waals surface area (Å²) in [5, 5.41) is 1.14. The number of fused-ring (bicyclic) bond motifs is 1. The van der Waals surface area contributed by atoms with Crippen molar-refractivity contribution >= 4 is 28.9 Å². The minimum atomic E-state index is 0.784. The van der Waals surface area contributed by atoms with Crippen molar-refractivity contribution in [3.63, 3.8) is 0 Å². The van der Waals surface area contributed by atoms with Gasteiger partial charge in [0.05, 0.1) is 12.6 Å². The second kappa shape index (κ2) is 5.13. The van der Waals surface area contributed by atoms with Crippen molar-refractivity contribution in [3.8, 4) is 5.75 Å². The van der Waals surface area contributed by atoms with E-state index in [1.54, 1.807) is 7.11 Å². The number of nitrogens with zero attached hydrogens (tertiary/aromatic N) is 1. The predicted octanol–water partition coefficient (Wildman–Crippen LogP) is 3.86. The van der Waals surface area contributed by atoms with Crippen molar-refractivity contribution in [3.05, 3.63) is 60.3 Å². The first-order valence-electron chi connectivity index (χ1n) is 6.44. The van der Waals surface area contributed by atoms with Crippen molar-refractivity contribution in [1.29, 1.82) is 0 Å². The number of hydrogen-bond donors (Lipinski definition) is 1. The van der Waals surface area contributed by atoms with Crippen LogP contribution in [0.3, 0.4) is 0 Å². The summed E-state index contributed by atoms with van der Waals surface area (Å²) >= 11 is 0. The van der Waals surface area contributed by atoms with Crippen LogP contribution < -0.4 is 10.5 Å². The highest BCUT2D eigenvalue weighted by atomic mass is 16.5. The molecule has 3 heteroatoms. The van der Waals surface area contributed by atoms with Crippen molar-refractivity contribution in [2.45, 2.75) is 0 Å². The molecule has 0 spiro atoms.